The van der Waals surface area contributed by atoms with Gasteiger partial charge >= 0.3 is 0 Å². The molecule has 21 heavy (non-hydrogen) atoms. The van der Waals surface area contributed by atoms with E-state index >= 15 is 0 Å². The smallest absolute Gasteiger partial charge is 0.122 e. The quantitative estimate of drug-likeness (QED) is 0.806. The van der Waals surface area contributed by atoms with Crippen molar-refractivity contribution in [3.05, 3.63) is 45.4 Å². The van der Waals surface area contributed by atoms with E-state index in [1.54, 1.807) is 0 Å². The van der Waals surface area contributed by atoms with E-state index in [-0.39, 0.29) is 0 Å². The number of thiazole rings is 1. The number of benzene rings is 1. The molecular formula is C17H24N2OS. The topological polar surface area (TPSA) is 34.1 Å². The Morgan fingerprint density at radius 1 is 1.24 bits per heavy atom. The first-order valence-electron chi connectivity index (χ1n) is 7.55. The third kappa shape index (κ3) is 4.55. The van der Waals surface area contributed by atoms with Crippen LogP contribution in [0.2, 0.25) is 0 Å². The van der Waals surface area contributed by atoms with Gasteiger partial charge < -0.3 is 10.1 Å². The summed E-state index contributed by atoms with van der Waals surface area (Å²) < 4.78 is 5.86. The molecule has 2 rings (SSSR count). The number of nitrogens with one attached hydrogen (secondary N) is 1. The van der Waals surface area contributed by atoms with Gasteiger partial charge in [-0.25, -0.2) is 4.98 Å². The molecular weight excluding hydrogens is 280 g/mol. The fourth-order valence-corrected chi connectivity index (χ4v) is 3.35. The molecule has 0 fully saturated rings. The Kier molecular flexibility index (Phi) is 6.21. The number of ether oxygens (including phenoxy) is 1. The van der Waals surface area contributed by atoms with Gasteiger partial charge in [-0.1, -0.05) is 31.5 Å². The van der Waals surface area contributed by atoms with Gasteiger partial charge in [-0.05, 0) is 32.0 Å². The molecule has 1 aromatic heterocycles. The average molecular weight is 304 g/mol. The summed E-state index contributed by atoms with van der Waals surface area (Å²) in [4.78, 5) is 6.14. The molecule has 3 nitrogen and oxygen atoms in total. The molecule has 1 N–H and O–H groups in total. The lowest BCUT2D eigenvalue weighted by Crippen LogP contribution is -2.05. The van der Waals surface area contributed by atoms with Crippen LogP contribution in [-0.2, 0) is 19.4 Å². The Morgan fingerprint density at radius 3 is 2.76 bits per heavy atom. The second-order valence-corrected chi connectivity index (χ2v) is 6.29. The maximum absolute atomic E-state index is 5.86. The minimum absolute atomic E-state index is 0.683. The van der Waals surface area contributed by atoms with Crippen molar-refractivity contribution in [3.63, 3.8) is 0 Å². The van der Waals surface area contributed by atoms with Crippen LogP contribution in [-0.4, -0.2) is 18.6 Å². The Hall–Kier alpha value is -1.39. The summed E-state index contributed by atoms with van der Waals surface area (Å²) in [5, 5.41) is 4.40. The van der Waals surface area contributed by atoms with E-state index in [4.69, 9.17) is 9.72 Å². The Labute approximate surface area is 131 Å². The van der Waals surface area contributed by atoms with Gasteiger partial charge in [-0.3, -0.25) is 0 Å². The van der Waals surface area contributed by atoms with Crippen molar-refractivity contribution in [3.8, 4) is 5.75 Å². The molecule has 1 aromatic carbocycles. The molecule has 0 bridgehead atoms. The number of aromatic nitrogens is 1. The van der Waals surface area contributed by atoms with Crippen LogP contribution in [0.5, 0.6) is 5.75 Å². The predicted octanol–water partition coefficient (Wildman–Crippen LogP) is 3.74. The van der Waals surface area contributed by atoms with Gasteiger partial charge in [0.15, 0.2) is 0 Å². The molecule has 2 aromatic rings. The molecule has 0 aliphatic heterocycles. The highest BCUT2D eigenvalue weighted by atomic mass is 32.1. The van der Waals surface area contributed by atoms with E-state index in [2.05, 4.69) is 25.2 Å². The second-order valence-electron chi connectivity index (χ2n) is 5.12. The zero-order chi connectivity index (χ0) is 15.1. The summed E-state index contributed by atoms with van der Waals surface area (Å²) in [5.41, 5.74) is 2.43. The summed E-state index contributed by atoms with van der Waals surface area (Å²) in [6.07, 6.45) is 3.07. The van der Waals surface area contributed by atoms with Gasteiger partial charge in [0, 0.05) is 17.8 Å². The van der Waals surface area contributed by atoms with Gasteiger partial charge in [0.05, 0.1) is 17.3 Å². The van der Waals surface area contributed by atoms with Crippen LogP contribution in [0.3, 0.4) is 0 Å². The first-order chi connectivity index (χ1) is 10.2. The molecule has 0 unspecified atom stereocenters. The molecule has 0 amide bonds. The SMILES string of the molecule is CCCc1nc(CCOc2ccccc2C)sc1CNC. The highest BCUT2D eigenvalue weighted by Gasteiger charge is 2.10. The Balaban J connectivity index is 1.93. The van der Waals surface area contributed by atoms with E-state index in [1.807, 2.05) is 36.6 Å². The Bertz CT molecular complexity index is 542. The number of hydrogen-bond donors (Lipinski definition) is 1. The van der Waals surface area contributed by atoms with Crippen LogP contribution in [0.1, 0.15) is 34.5 Å². The monoisotopic (exact) mass is 304 g/mol. The van der Waals surface area contributed by atoms with Crippen LogP contribution in [0.15, 0.2) is 24.3 Å². The highest BCUT2D eigenvalue weighted by Crippen LogP contribution is 2.21. The van der Waals surface area contributed by atoms with E-state index < -0.39 is 0 Å². The van der Waals surface area contributed by atoms with Gasteiger partial charge in [-0.15, -0.1) is 11.3 Å². The molecule has 0 aliphatic carbocycles. The van der Waals surface area contributed by atoms with Gasteiger partial charge in [0.2, 0.25) is 0 Å². The van der Waals surface area contributed by atoms with Crippen LogP contribution in [0.25, 0.3) is 0 Å². The molecule has 1 heterocycles. The lowest BCUT2D eigenvalue weighted by Gasteiger charge is -2.07. The zero-order valence-corrected chi connectivity index (χ0v) is 13.9. The average Bonchev–Trinajstić information content (AvgIpc) is 2.84. The number of rotatable bonds is 8. The molecule has 0 aliphatic rings. The van der Waals surface area contributed by atoms with E-state index in [9.17, 15) is 0 Å². The maximum atomic E-state index is 5.86. The van der Waals surface area contributed by atoms with E-state index in [1.165, 1.54) is 21.1 Å². The molecule has 0 saturated carbocycles. The Morgan fingerprint density at radius 2 is 2.05 bits per heavy atom. The normalized spacial score (nSPS) is 10.8. The number of para-hydroxylation sites is 1. The molecule has 114 valence electrons. The van der Waals surface area contributed by atoms with E-state index in [0.717, 1.165) is 31.6 Å². The van der Waals surface area contributed by atoms with Crippen LogP contribution < -0.4 is 10.1 Å². The number of aryl methyl sites for hydroxylation is 2. The fraction of sp³-hybridized carbons (Fsp3) is 0.471. The van der Waals surface area contributed by atoms with Gasteiger partial charge in [0.25, 0.3) is 0 Å². The third-order valence-electron chi connectivity index (χ3n) is 3.31. The zero-order valence-electron chi connectivity index (χ0n) is 13.1. The molecule has 0 atom stereocenters. The summed E-state index contributed by atoms with van der Waals surface area (Å²) in [5.74, 6) is 0.971. The lowest BCUT2D eigenvalue weighted by molar-refractivity contribution is 0.319. The van der Waals surface area contributed by atoms with Crippen molar-refractivity contribution >= 4 is 11.3 Å². The molecule has 4 heteroatoms. The van der Waals surface area contributed by atoms with Gasteiger partial charge in [-0.2, -0.15) is 0 Å². The molecule has 0 radical (unpaired) electrons. The second kappa shape index (κ2) is 8.15. The number of hydrogen-bond acceptors (Lipinski definition) is 4. The van der Waals surface area contributed by atoms with Crippen molar-refractivity contribution in [2.45, 2.75) is 39.7 Å². The summed E-state index contributed by atoms with van der Waals surface area (Å²) in [6.45, 7) is 5.86. The summed E-state index contributed by atoms with van der Waals surface area (Å²) >= 11 is 1.81. The highest BCUT2D eigenvalue weighted by molar-refractivity contribution is 7.11. The van der Waals surface area contributed by atoms with Crippen LogP contribution in [0.4, 0.5) is 0 Å². The van der Waals surface area contributed by atoms with Crippen molar-refractivity contribution in [2.24, 2.45) is 0 Å². The van der Waals surface area contributed by atoms with Crippen molar-refractivity contribution in [1.29, 1.82) is 0 Å². The summed E-state index contributed by atoms with van der Waals surface area (Å²) in [7, 11) is 1.98. The van der Waals surface area contributed by atoms with Crippen molar-refractivity contribution < 1.29 is 4.74 Å². The van der Waals surface area contributed by atoms with Crippen molar-refractivity contribution in [1.82, 2.24) is 10.3 Å². The summed E-state index contributed by atoms with van der Waals surface area (Å²) in [6, 6.07) is 8.13. The fourth-order valence-electron chi connectivity index (χ4n) is 2.24. The first-order valence-corrected chi connectivity index (χ1v) is 8.36. The predicted molar refractivity (Wildman–Crippen MR) is 89.3 cm³/mol. The standard InChI is InChI=1S/C17H24N2OS/c1-4-7-14-16(12-18-3)21-17(19-14)10-11-20-15-9-6-5-8-13(15)2/h5-6,8-9,18H,4,7,10-12H2,1-3H3. The third-order valence-corrected chi connectivity index (χ3v) is 4.47. The van der Waals surface area contributed by atoms with Crippen LogP contribution >= 0.6 is 11.3 Å². The minimum Gasteiger partial charge on any atom is -0.493 e. The van der Waals surface area contributed by atoms with Gasteiger partial charge in [0.1, 0.15) is 5.75 Å². The molecule has 0 saturated heterocycles. The first kappa shape index (κ1) is 16.0. The molecule has 0 spiro atoms. The largest absolute Gasteiger partial charge is 0.493 e. The number of nitrogens with zero attached hydrogens (tertiary/aromatic N) is 1. The van der Waals surface area contributed by atoms with Crippen molar-refractivity contribution in [2.75, 3.05) is 13.7 Å². The maximum Gasteiger partial charge on any atom is 0.122 e. The lowest BCUT2D eigenvalue weighted by atomic mass is 10.2. The van der Waals surface area contributed by atoms with E-state index in [0.29, 0.717) is 6.61 Å². The minimum atomic E-state index is 0.683. The van der Waals surface area contributed by atoms with Crippen LogP contribution in [0, 0.1) is 6.92 Å².